The van der Waals surface area contributed by atoms with Gasteiger partial charge in [-0.2, -0.15) is 0 Å². The maximum absolute atomic E-state index is 12.0. The number of amides is 1. The highest BCUT2D eigenvalue weighted by atomic mass is 16.5. The van der Waals surface area contributed by atoms with Crippen LogP contribution < -0.4 is 5.32 Å². The van der Waals surface area contributed by atoms with Crippen LogP contribution in [0.3, 0.4) is 0 Å². The minimum Gasteiger partial charge on any atom is -0.478 e. The number of anilines is 1. The van der Waals surface area contributed by atoms with E-state index in [9.17, 15) is 9.59 Å². The molecule has 3 aromatic carbocycles. The van der Waals surface area contributed by atoms with Crippen molar-refractivity contribution in [3.05, 3.63) is 89.5 Å². The lowest BCUT2D eigenvalue weighted by molar-refractivity contribution is 0.0697. The number of ether oxygens (including phenoxy) is 1. The molecule has 0 fully saturated rings. The van der Waals surface area contributed by atoms with Gasteiger partial charge >= 0.3 is 12.1 Å². The summed E-state index contributed by atoms with van der Waals surface area (Å²) < 4.78 is 5.29. The van der Waals surface area contributed by atoms with Crippen LogP contribution in [0.4, 0.5) is 10.5 Å². The molecule has 0 spiro atoms. The average Bonchev–Trinajstić information content (AvgIpc) is 3.06. The third kappa shape index (κ3) is 3.99. The second kappa shape index (κ2) is 8.19. The second-order valence-electron chi connectivity index (χ2n) is 7.01. The predicted octanol–water partition coefficient (Wildman–Crippen LogP) is 5.53. The monoisotopic (exact) mass is 387 g/mol. The van der Waals surface area contributed by atoms with Crippen molar-refractivity contribution in [2.75, 3.05) is 11.9 Å². The summed E-state index contributed by atoms with van der Waals surface area (Å²) in [6.45, 7) is 0.319. The van der Waals surface area contributed by atoms with Crippen molar-refractivity contribution in [1.29, 1.82) is 0 Å². The molecule has 146 valence electrons. The van der Waals surface area contributed by atoms with Crippen molar-refractivity contribution in [1.82, 2.24) is 0 Å². The maximum atomic E-state index is 12.0. The summed E-state index contributed by atoms with van der Waals surface area (Å²) in [4.78, 5) is 22.8. The molecule has 0 aromatic heterocycles. The van der Waals surface area contributed by atoms with Gasteiger partial charge in [0.15, 0.2) is 0 Å². The van der Waals surface area contributed by atoms with E-state index in [-0.39, 0.29) is 5.56 Å². The summed E-state index contributed by atoms with van der Waals surface area (Å²) in [5.41, 5.74) is 5.90. The lowest BCUT2D eigenvalue weighted by Gasteiger charge is -2.14. The standard InChI is InChI=1S/C24H21NO4/c26-23(27)16-11-13-17(14-12-16)25-24(28)29-15-5-10-22-20-8-3-1-6-18(20)19-7-2-4-9-21(19)22/h1-4,6-9,11-14,22H,5,10,15H2,(H,25,28)(H,26,27). The molecule has 0 radical (unpaired) electrons. The van der Waals surface area contributed by atoms with E-state index in [4.69, 9.17) is 9.84 Å². The molecule has 0 heterocycles. The summed E-state index contributed by atoms with van der Waals surface area (Å²) in [6.07, 6.45) is 1.10. The molecule has 29 heavy (non-hydrogen) atoms. The lowest BCUT2D eigenvalue weighted by atomic mass is 9.92. The quantitative estimate of drug-likeness (QED) is 0.546. The number of benzene rings is 3. The number of nitrogens with one attached hydrogen (secondary N) is 1. The van der Waals surface area contributed by atoms with Crippen molar-refractivity contribution in [3.8, 4) is 11.1 Å². The van der Waals surface area contributed by atoms with Crippen LogP contribution in [0.2, 0.25) is 0 Å². The van der Waals surface area contributed by atoms with Gasteiger partial charge in [-0.15, -0.1) is 0 Å². The zero-order valence-corrected chi connectivity index (χ0v) is 15.8. The Kier molecular flexibility index (Phi) is 5.29. The van der Waals surface area contributed by atoms with Crippen LogP contribution in [0.15, 0.2) is 72.8 Å². The molecule has 3 aromatic rings. The molecule has 5 heteroatoms. The van der Waals surface area contributed by atoms with Crippen molar-refractivity contribution in [2.45, 2.75) is 18.8 Å². The van der Waals surface area contributed by atoms with E-state index in [0.29, 0.717) is 18.2 Å². The van der Waals surface area contributed by atoms with Crippen LogP contribution in [0.5, 0.6) is 0 Å². The first-order valence-electron chi connectivity index (χ1n) is 9.59. The minimum absolute atomic E-state index is 0.168. The third-order valence-corrected chi connectivity index (χ3v) is 5.21. The molecule has 0 aliphatic heterocycles. The number of aromatic carboxylic acids is 1. The Labute approximate surface area is 169 Å². The molecular formula is C24H21NO4. The summed E-state index contributed by atoms with van der Waals surface area (Å²) >= 11 is 0. The molecule has 4 rings (SSSR count). The average molecular weight is 387 g/mol. The van der Waals surface area contributed by atoms with Crippen molar-refractivity contribution in [2.24, 2.45) is 0 Å². The molecule has 0 saturated heterocycles. The van der Waals surface area contributed by atoms with Crippen molar-refractivity contribution < 1.29 is 19.4 Å². The minimum atomic E-state index is -1.01. The molecule has 0 bridgehead atoms. The molecule has 0 saturated carbocycles. The van der Waals surface area contributed by atoms with Crippen LogP contribution in [0, 0.1) is 0 Å². The second-order valence-corrected chi connectivity index (χ2v) is 7.01. The van der Waals surface area contributed by atoms with Gasteiger partial charge in [-0.05, 0) is 59.4 Å². The normalized spacial score (nSPS) is 12.1. The molecule has 1 aliphatic rings. The highest BCUT2D eigenvalue weighted by Gasteiger charge is 2.27. The van der Waals surface area contributed by atoms with Crippen LogP contribution in [-0.4, -0.2) is 23.8 Å². The van der Waals surface area contributed by atoms with Crippen molar-refractivity contribution in [3.63, 3.8) is 0 Å². The number of rotatable bonds is 6. The van der Waals surface area contributed by atoms with E-state index >= 15 is 0 Å². The first-order chi connectivity index (χ1) is 14.1. The predicted molar refractivity (Wildman–Crippen MR) is 111 cm³/mol. The number of hydrogen-bond acceptors (Lipinski definition) is 3. The van der Waals surface area contributed by atoms with E-state index in [1.807, 2.05) is 0 Å². The van der Waals surface area contributed by atoms with Crippen LogP contribution in [0.1, 0.15) is 40.2 Å². The smallest absolute Gasteiger partial charge is 0.411 e. The number of fused-ring (bicyclic) bond motifs is 3. The fourth-order valence-electron chi connectivity index (χ4n) is 3.87. The topological polar surface area (TPSA) is 75.6 Å². The first-order valence-corrected chi connectivity index (χ1v) is 9.59. The highest BCUT2D eigenvalue weighted by molar-refractivity contribution is 5.89. The van der Waals surface area contributed by atoms with Gasteiger partial charge in [0.25, 0.3) is 0 Å². The molecular weight excluding hydrogens is 366 g/mol. The first kappa shape index (κ1) is 18.7. The Hall–Kier alpha value is -3.60. The Morgan fingerprint density at radius 2 is 1.45 bits per heavy atom. The van der Waals surface area contributed by atoms with E-state index < -0.39 is 12.1 Å². The number of carboxylic acids is 1. The van der Waals surface area contributed by atoms with Gasteiger partial charge in [0, 0.05) is 11.6 Å². The number of carbonyl (C=O) groups is 2. The third-order valence-electron chi connectivity index (χ3n) is 5.21. The van der Waals surface area contributed by atoms with E-state index in [2.05, 4.69) is 53.8 Å². The molecule has 1 aliphatic carbocycles. The molecule has 2 N–H and O–H groups in total. The van der Waals surface area contributed by atoms with E-state index in [0.717, 1.165) is 12.8 Å². The Balaban J connectivity index is 1.30. The van der Waals surface area contributed by atoms with Gasteiger partial charge in [-0.1, -0.05) is 48.5 Å². The zero-order chi connectivity index (χ0) is 20.2. The van der Waals surface area contributed by atoms with Crippen LogP contribution in [0.25, 0.3) is 11.1 Å². The Morgan fingerprint density at radius 3 is 2.03 bits per heavy atom. The highest BCUT2D eigenvalue weighted by Crippen LogP contribution is 2.46. The zero-order valence-electron chi connectivity index (χ0n) is 15.8. The SMILES string of the molecule is O=C(Nc1ccc(C(=O)O)cc1)OCCCC1c2ccccc2-c2ccccc21. The van der Waals surface area contributed by atoms with Gasteiger partial charge in [-0.3, -0.25) is 5.32 Å². The van der Waals surface area contributed by atoms with Gasteiger partial charge in [0.05, 0.1) is 12.2 Å². The summed E-state index contributed by atoms with van der Waals surface area (Å²) in [5.74, 6) is -0.688. The summed E-state index contributed by atoms with van der Waals surface area (Å²) in [5, 5.41) is 11.5. The molecule has 0 unspecified atom stereocenters. The van der Waals surface area contributed by atoms with E-state index in [1.165, 1.54) is 46.5 Å². The largest absolute Gasteiger partial charge is 0.478 e. The maximum Gasteiger partial charge on any atom is 0.411 e. The van der Waals surface area contributed by atoms with Gasteiger partial charge in [0.1, 0.15) is 0 Å². The number of hydrogen-bond donors (Lipinski definition) is 2. The fourth-order valence-corrected chi connectivity index (χ4v) is 3.87. The number of carbonyl (C=O) groups excluding carboxylic acids is 1. The van der Waals surface area contributed by atoms with Crippen LogP contribution >= 0.6 is 0 Å². The number of carboxylic acid groups (broad SMARTS) is 1. The molecule has 5 nitrogen and oxygen atoms in total. The fraction of sp³-hybridized carbons (Fsp3) is 0.167. The van der Waals surface area contributed by atoms with Crippen molar-refractivity contribution >= 4 is 17.7 Å². The molecule has 1 amide bonds. The van der Waals surface area contributed by atoms with Crippen LogP contribution in [-0.2, 0) is 4.74 Å². The summed E-state index contributed by atoms with van der Waals surface area (Å²) in [6, 6.07) is 22.9. The van der Waals surface area contributed by atoms with Gasteiger partial charge in [-0.25, -0.2) is 9.59 Å². The lowest BCUT2D eigenvalue weighted by Crippen LogP contribution is -2.15. The van der Waals surface area contributed by atoms with E-state index in [1.54, 1.807) is 0 Å². The summed E-state index contributed by atoms with van der Waals surface area (Å²) in [7, 11) is 0. The Morgan fingerprint density at radius 1 is 0.862 bits per heavy atom. The van der Waals surface area contributed by atoms with Gasteiger partial charge < -0.3 is 9.84 Å². The van der Waals surface area contributed by atoms with Gasteiger partial charge in [0.2, 0.25) is 0 Å². The molecule has 0 atom stereocenters. The Bertz CT molecular complexity index is 997.